The van der Waals surface area contributed by atoms with Crippen molar-refractivity contribution < 1.29 is 19.1 Å². The number of ether oxygens (including phenoxy) is 1. The minimum Gasteiger partial charge on any atom is -0.619 e. The average Bonchev–Trinajstić information content (AvgIpc) is 2.64. The minimum absolute atomic E-state index is 0.267. The first-order chi connectivity index (χ1) is 13.2. The highest BCUT2D eigenvalue weighted by Gasteiger charge is 2.22. The van der Waals surface area contributed by atoms with Gasteiger partial charge in [-0.25, -0.2) is 4.79 Å². The lowest BCUT2D eigenvalue weighted by Gasteiger charge is -2.27. The van der Waals surface area contributed by atoms with E-state index in [0.29, 0.717) is 36.3 Å². The molecular weight excluding hydrogens is 360 g/mol. The molecule has 0 radical (unpaired) electrons. The Labute approximate surface area is 164 Å². The molecule has 1 N–H and O–H groups in total. The fourth-order valence-corrected chi connectivity index (χ4v) is 2.41. The van der Waals surface area contributed by atoms with Crippen molar-refractivity contribution in [3.8, 4) is 0 Å². The molecule has 2 aromatic rings. The van der Waals surface area contributed by atoms with E-state index in [2.05, 4.69) is 10.3 Å². The van der Waals surface area contributed by atoms with Gasteiger partial charge in [0, 0.05) is 37.6 Å². The Hall–Kier alpha value is -3.16. The van der Waals surface area contributed by atoms with Gasteiger partial charge in [-0.15, -0.1) is 0 Å². The Morgan fingerprint density at radius 3 is 2.57 bits per heavy atom. The van der Waals surface area contributed by atoms with Crippen LogP contribution in [0.3, 0.4) is 0 Å². The van der Waals surface area contributed by atoms with Crippen molar-refractivity contribution in [2.24, 2.45) is 0 Å². The maximum Gasteiger partial charge on any atom is 0.410 e. The Morgan fingerprint density at radius 2 is 1.96 bits per heavy atom. The summed E-state index contributed by atoms with van der Waals surface area (Å²) in [6.07, 6.45) is 6.07. The second kappa shape index (κ2) is 9.68. The Bertz CT molecular complexity index is 773. The van der Waals surface area contributed by atoms with Crippen LogP contribution < -0.4 is 10.0 Å². The van der Waals surface area contributed by atoms with Gasteiger partial charge in [0.1, 0.15) is 5.60 Å². The first kappa shape index (κ1) is 21.1. The molecule has 0 spiro atoms. The molecule has 2 heterocycles. The molecule has 2 rings (SSSR count). The van der Waals surface area contributed by atoms with Gasteiger partial charge in [0.2, 0.25) is 0 Å². The first-order valence-electron chi connectivity index (χ1n) is 9.08. The van der Waals surface area contributed by atoms with Gasteiger partial charge >= 0.3 is 6.09 Å². The molecule has 0 aromatic carbocycles. The van der Waals surface area contributed by atoms with Crippen LogP contribution in [0, 0.1) is 5.21 Å². The van der Waals surface area contributed by atoms with Crippen LogP contribution >= 0.6 is 0 Å². The monoisotopic (exact) mass is 386 g/mol. The van der Waals surface area contributed by atoms with Crippen molar-refractivity contribution in [1.82, 2.24) is 15.2 Å². The van der Waals surface area contributed by atoms with E-state index in [-0.39, 0.29) is 5.91 Å². The summed E-state index contributed by atoms with van der Waals surface area (Å²) in [5, 5.41) is 13.8. The van der Waals surface area contributed by atoms with E-state index in [9.17, 15) is 14.8 Å². The Balaban J connectivity index is 1.89. The zero-order chi connectivity index (χ0) is 20.6. The second-order valence-electron chi connectivity index (χ2n) is 7.32. The molecule has 8 nitrogen and oxygen atoms in total. The van der Waals surface area contributed by atoms with Crippen molar-refractivity contribution in [2.75, 3.05) is 13.1 Å². The fourth-order valence-electron chi connectivity index (χ4n) is 2.41. The van der Waals surface area contributed by atoms with Gasteiger partial charge in [-0.3, -0.25) is 9.78 Å². The molecule has 0 aliphatic carbocycles. The number of rotatable bonds is 7. The van der Waals surface area contributed by atoms with Crippen molar-refractivity contribution in [3.05, 3.63) is 65.4 Å². The number of amides is 2. The van der Waals surface area contributed by atoms with Crippen molar-refractivity contribution in [1.29, 1.82) is 0 Å². The predicted octanol–water partition coefficient (Wildman–Crippen LogP) is 2.27. The molecule has 0 unspecified atom stereocenters. The molecule has 0 aliphatic rings. The van der Waals surface area contributed by atoms with Gasteiger partial charge in [0.25, 0.3) is 5.91 Å². The molecule has 0 saturated carbocycles. The summed E-state index contributed by atoms with van der Waals surface area (Å²) < 4.78 is 6.10. The zero-order valence-electron chi connectivity index (χ0n) is 16.4. The molecule has 0 bridgehead atoms. The van der Waals surface area contributed by atoms with Crippen molar-refractivity contribution in [2.45, 2.75) is 39.3 Å². The second-order valence-corrected chi connectivity index (χ2v) is 7.32. The molecule has 2 aromatic heterocycles. The van der Waals surface area contributed by atoms with Crippen LogP contribution in [0.5, 0.6) is 0 Å². The Kier molecular flexibility index (Phi) is 7.31. The maximum absolute atomic E-state index is 12.5. The van der Waals surface area contributed by atoms with Gasteiger partial charge in [-0.2, -0.15) is 4.73 Å². The average molecular weight is 386 g/mol. The summed E-state index contributed by atoms with van der Waals surface area (Å²) in [6.45, 7) is 6.63. The Morgan fingerprint density at radius 1 is 1.25 bits per heavy atom. The van der Waals surface area contributed by atoms with Crippen LogP contribution in [-0.4, -0.2) is 40.6 Å². The number of carbonyl (C=O) groups is 2. The molecular formula is C20H26N4O4. The molecule has 0 fully saturated rings. The quantitative estimate of drug-likeness (QED) is 0.447. The third-order valence-electron chi connectivity index (χ3n) is 3.70. The highest BCUT2D eigenvalue weighted by atomic mass is 16.6. The number of aromatic nitrogens is 2. The number of hydrogen-bond donors (Lipinski definition) is 1. The third-order valence-corrected chi connectivity index (χ3v) is 3.70. The molecule has 28 heavy (non-hydrogen) atoms. The molecule has 0 atom stereocenters. The van der Waals surface area contributed by atoms with Gasteiger partial charge in [0.15, 0.2) is 12.4 Å². The van der Waals surface area contributed by atoms with Gasteiger partial charge in [-0.05, 0) is 38.8 Å². The lowest BCUT2D eigenvalue weighted by atomic mass is 10.2. The smallest absolute Gasteiger partial charge is 0.410 e. The largest absolute Gasteiger partial charge is 0.619 e. The molecule has 0 saturated heterocycles. The summed E-state index contributed by atoms with van der Waals surface area (Å²) in [7, 11) is 0. The van der Waals surface area contributed by atoms with Crippen LogP contribution in [0.4, 0.5) is 4.79 Å². The number of carbonyl (C=O) groups excluding carboxylic acids is 2. The van der Waals surface area contributed by atoms with Crippen LogP contribution in [0.2, 0.25) is 0 Å². The van der Waals surface area contributed by atoms with E-state index in [4.69, 9.17) is 4.74 Å². The van der Waals surface area contributed by atoms with E-state index in [1.165, 1.54) is 24.5 Å². The number of nitrogens with one attached hydrogen (secondary N) is 1. The lowest BCUT2D eigenvalue weighted by Crippen LogP contribution is -2.38. The van der Waals surface area contributed by atoms with Gasteiger partial charge in [-0.1, -0.05) is 6.07 Å². The lowest BCUT2D eigenvalue weighted by molar-refractivity contribution is -0.605. The van der Waals surface area contributed by atoms with Crippen molar-refractivity contribution in [3.63, 3.8) is 0 Å². The predicted molar refractivity (Wildman–Crippen MR) is 103 cm³/mol. The first-order valence-corrected chi connectivity index (χ1v) is 9.08. The highest BCUT2D eigenvalue weighted by Crippen LogP contribution is 2.12. The van der Waals surface area contributed by atoms with Gasteiger partial charge < -0.3 is 20.2 Å². The number of hydrogen-bond acceptors (Lipinski definition) is 5. The summed E-state index contributed by atoms with van der Waals surface area (Å²) in [4.78, 5) is 30.3. The number of pyridine rings is 2. The SMILES string of the molecule is CC(C)(C)OC(=O)N(CCCNC(=O)c1cc[n+]([O-])cc1)Cc1cccnc1. The summed E-state index contributed by atoms with van der Waals surface area (Å²) in [6, 6.07) is 6.62. The standard InChI is InChI=1S/C20H26N4O4/c1-20(2,3)28-19(26)23(15-16-6-4-9-21-14-16)11-5-10-22-18(25)17-7-12-24(27)13-8-17/h4,6-9,12-14H,5,10-11,15H2,1-3H3,(H,22,25). The number of nitrogens with zero attached hydrogens (tertiary/aromatic N) is 3. The summed E-state index contributed by atoms with van der Waals surface area (Å²) in [5.41, 5.74) is 0.712. The van der Waals surface area contributed by atoms with E-state index < -0.39 is 11.7 Å². The fraction of sp³-hybridized carbons (Fsp3) is 0.400. The van der Waals surface area contributed by atoms with Crippen LogP contribution in [0.1, 0.15) is 43.1 Å². The van der Waals surface area contributed by atoms with E-state index >= 15 is 0 Å². The molecule has 8 heteroatoms. The topological polar surface area (TPSA) is 98.5 Å². The van der Waals surface area contributed by atoms with Crippen molar-refractivity contribution >= 4 is 12.0 Å². The molecule has 150 valence electrons. The zero-order valence-corrected chi connectivity index (χ0v) is 16.4. The van der Waals surface area contributed by atoms with E-state index in [0.717, 1.165) is 5.56 Å². The van der Waals surface area contributed by atoms with E-state index in [1.807, 2.05) is 32.9 Å². The van der Waals surface area contributed by atoms with Crippen LogP contribution in [-0.2, 0) is 11.3 Å². The third kappa shape index (κ3) is 7.22. The van der Waals surface area contributed by atoms with Crippen LogP contribution in [0.25, 0.3) is 0 Å². The van der Waals surface area contributed by atoms with Crippen LogP contribution in [0.15, 0.2) is 49.1 Å². The highest BCUT2D eigenvalue weighted by molar-refractivity contribution is 5.93. The minimum atomic E-state index is -0.593. The summed E-state index contributed by atoms with van der Waals surface area (Å²) in [5.74, 6) is -0.267. The van der Waals surface area contributed by atoms with E-state index in [1.54, 1.807) is 17.3 Å². The summed E-state index contributed by atoms with van der Waals surface area (Å²) >= 11 is 0. The molecule has 0 aliphatic heterocycles. The maximum atomic E-state index is 12.5. The molecule has 2 amide bonds. The van der Waals surface area contributed by atoms with Gasteiger partial charge in [0.05, 0.1) is 12.1 Å². The normalized spacial score (nSPS) is 11.0.